The van der Waals surface area contributed by atoms with Gasteiger partial charge in [-0.1, -0.05) is 12.1 Å². The fourth-order valence-corrected chi connectivity index (χ4v) is 2.41. The van der Waals surface area contributed by atoms with Crippen molar-refractivity contribution in [2.24, 2.45) is 0 Å². The molecule has 2 rings (SSSR count). The lowest BCUT2D eigenvalue weighted by molar-refractivity contribution is 0.0600. The first-order valence-electron chi connectivity index (χ1n) is 7.50. The Morgan fingerprint density at radius 2 is 1.75 bits per heavy atom. The molecule has 0 bridgehead atoms. The van der Waals surface area contributed by atoms with E-state index >= 15 is 0 Å². The lowest BCUT2D eigenvalue weighted by Gasteiger charge is -2.27. The molecule has 0 aliphatic carbocycles. The van der Waals surface area contributed by atoms with Gasteiger partial charge in [-0.15, -0.1) is 0 Å². The van der Waals surface area contributed by atoms with Crippen LogP contribution in [0.4, 0.5) is 5.69 Å². The van der Waals surface area contributed by atoms with Crippen LogP contribution in [-0.4, -0.2) is 25.0 Å². The Morgan fingerprint density at radius 3 is 2.38 bits per heavy atom. The average Bonchev–Trinajstić information content (AvgIpc) is 2.61. The Kier molecular flexibility index (Phi) is 5.33. The van der Waals surface area contributed by atoms with Gasteiger partial charge in [0.1, 0.15) is 0 Å². The zero-order chi connectivity index (χ0) is 17.7. The van der Waals surface area contributed by atoms with Gasteiger partial charge in [0.2, 0.25) is 0 Å². The van der Waals surface area contributed by atoms with E-state index in [0.717, 1.165) is 0 Å². The SMILES string of the molecule is COC(=O)c1cccc(C(=O)N(c2cccc(C#N)c2)C(C)C)c1. The van der Waals surface area contributed by atoms with Crippen LogP contribution in [0.3, 0.4) is 0 Å². The molecule has 0 atom stereocenters. The molecule has 0 aliphatic heterocycles. The molecule has 122 valence electrons. The van der Waals surface area contributed by atoms with Gasteiger partial charge >= 0.3 is 5.97 Å². The normalized spacial score (nSPS) is 10.1. The van der Waals surface area contributed by atoms with Gasteiger partial charge in [-0.05, 0) is 50.2 Å². The van der Waals surface area contributed by atoms with Crippen LogP contribution >= 0.6 is 0 Å². The summed E-state index contributed by atoms with van der Waals surface area (Å²) in [7, 11) is 1.30. The number of methoxy groups -OCH3 is 1. The fraction of sp³-hybridized carbons (Fsp3) is 0.211. The van der Waals surface area contributed by atoms with Crippen molar-refractivity contribution in [3.63, 3.8) is 0 Å². The molecular formula is C19H18N2O3. The Morgan fingerprint density at radius 1 is 1.08 bits per heavy atom. The van der Waals surface area contributed by atoms with Gasteiger partial charge < -0.3 is 9.64 Å². The van der Waals surface area contributed by atoms with Crippen LogP contribution in [0, 0.1) is 11.3 Å². The highest BCUT2D eigenvalue weighted by Gasteiger charge is 2.22. The van der Waals surface area contributed by atoms with Crippen LogP contribution in [0.2, 0.25) is 0 Å². The van der Waals surface area contributed by atoms with Crippen molar-refractivity contribution >= 4 is 17.6 Å². The number of nitrogens with zero attached hydrogens (tertiary/aromatic N) is 2. The summed E-state index contributed by atoms with van der Waals surface area (Å²) in [5, 5.41) is 9.06. The topological polar surface area (TPSA) is 70.4 Å². The van der Waals surface area contributed by atoms with Gasteiger partial charge in [0.05, 0.1) is 24.3 Å². The van der Waals surface area contributed by atoms with E-state index < -0.39 is 5.97 Å². The number of hydrogen-bond acceptors (Lipinski definition) is 4. The Balaban J connectivity index is 2.43. The molecule has 0 saturated heterocycles. The van der Waals surface area contributed by atoms with Gasteiger partial charge in [0.15, 0.2) is 0 Å². The van der Waals surface area contributed by atoms with Crippen molar-refractivity contribution < 1.29 is 14.3 Å². The Labute approximate surface area is 141 Å². The van der Waals surface area contributed by atoms with E-state index in [4.69, 9.17) is 10.00 Å². The van der Waals surface area contributed by atoms with E-state index in [1.165, 1.54) is 13.2 Å². The minimum absolute atomic E-state index is 0.117. The maximum absolute atomic E-state index is 12.9. The van der Waals surface area contributed by atoms with E-state index in [9.17, 15) is 9.59 Å². The second-order valence-corrected chi connectivity index (χ2v) is 5.50. The molecule has 0 spiro atoms. The van der Waals surface area contributed by atoms with E-state index in [2.05, 4.69) is 6.07 Å². The second-order valence-electron chi connectivity index (χ2n) is 5.50. The summed E-state index contributed by atoms with van der Waals surface area (Å²) in [6.45, 7) is 3.78. The number of benzene rings is 2. The lowest BCUT2D eigenvalue weighted by Crippen LogP contribution is -2.37. The minimum Gasteiger partial charge on any atom is -0.465 e. The van der Waals surface area contributed by atoms with Crippen LogP contribution in [0.15, 0.2) is 48.5 Å². The molecule has 2 aromatic carbocycles. The van der Waals surface area contributed by atoms with Crippen LogP contribution in [0.5, 0.6) is 0 Å². The first kappa shape index (κ1) is 17.2. The van der Waals surface area contributed by atoms with Gasteiger partial charge in [-0.3, -0.25) is 4.79 Å². The molecule has 0 aromatic heterocycles. The van der Waals surface area contributed by atoms with E-state index in [1.54, 1.807) is 47.4 Å². The number of carbonyl (C=O) groups is 2. The van der Waals surface area contributed by atoms with Crippen LogP contribution in [0.1, 0.15) is 40.1 Å². The van der Waals surface area contributed by atoms with E-state index in [-0.39, 0.29) is 11.9 Å². The van der Waals surface area contributed by atoms with Gasteiger partial charge in [0.25, 0.3) is 5.91 Å². The predicted octanol–water partition coefficient (Wildman–Crippen LogP) is 3.40. The summed E-state index contributed by atoms with van der Waals surface area (Å²) >= 11 is 0. The zero-order valence-corrected chi connectivity index (χ0v) is 13.8. The molecule has 0 heterocycles. The number of carbonyl (C=O) groups excluding carboxylic acids is 2. The van der Waals surface area contributed by atoms with E-state index in [1.807, 2.05) is 13.8 Å². The first-order valence-corrected chi connectivity index (χ1v) is 7.50. The second kappa shape index (κ2) is 7.42. The van der Waals surface area contributed by atoms with Crippen LogP contribution in [-0.2, 0) is 4.74 Å². The molecule has 0 fully saturated rings. The number of esters is 1. The highest BCUT2D eigenvalue weighted by Crippen LogP contribution is 2.22. The Hall–Kier alpha value is -3.13. The summed E-state index contributed by atoms with van der Waals surface area (Å²) in [6, 6.07) is 15.2. The van der Waals surface area contributed by atoms with E-state index in [0.29, 0.717) is 22.4 Å². The molecular weight excluding hydrogens is 304 g/mol. The third-order valence-corrected chi connectivity index (χ3v) is 3.52. The maximum atomic E-state index is 12.9. The summed E-state index contributed by atoms with van der Waals surface area (Å²) in [5.74, 6) is -0.738. The zero-order valence-electron chi connectivity index (χ0n) is 13.8. The summed E-state index contributed by atoms with van der Waals surface area (Å²) in [4.78, 5) is 26.2. The van der Waals surface area contributed by atoms with Crippen LogP contribution in [0.25, 0.3) is 0 Å². The van der Waals surface area contributed by atoms with Gasteiger partial charge in [-0.2, -0.15) is 5.26 Å². The quantitative estimate of drug-likeness (QED) is 0.809. The molecule has 0 aliphatic rings. The third-order valence-electron chi connectivity index (χ3n) is 3.52. The minimum atomic E-state index is -0.493. The molecule has 2 aromatic rings. The number of rotatable bonds is 4. The van der Waals surface area contributed by atoms with Crippen LogP contribution < -0.4 is 4.90 Å². The van der Waals surface area contributed by atoms with Crippen molar-refractivity contribution in [1.29, 1.82) is 5.26 Å². The highest BCUT2D eigenvalue weighted by molar-refractivity contribution is 6.07. The molecule has 24 heavy (non-hydrogen) atoms. The van der Waals surface area contributed by atoms with Crippen molar-refractivity contribution in [1.82, 2.24) is 0 Å². The monoisotopic (exact) mass is 322 g/mol. The smallest absolute Gasteiger partial charge is 0.337 e. The largest absolute Gasteiger partial charge is 0.465 e. The number of ether oxygens (including phenoxy) is 1. The van der Waals surface area contributed by atoms with Crippen molar-refractivity contribution in [3.8, 4) is 6.07 Å². The number of hydrogen-bond donors (Lipinski definition) is 0. The number of amides is 1. The standard InChI is InChI=1S/C19H18N2O3/c1-13(2)21(17-9-4-6-14(10-17)12-20)18(22)15-7-5-8-16(11-15)19(23)24-3/h4-11,13H,1-3H3. The lowest BCUT2D eigenvalue weighted by atomic mass is 10.1. The molecule has 0 saturated carbocycles. The highest BCUT2D eigenvalue weighted by atomic mass is 16.5. The first-order chi connectivity index (χ1) is 11.5. The number of nitriles is 1. The summed E-state index contributed by atoms with van der Waals surface area (Å²) < 4.78 is 4.69. The van der Waals surface area contributed by atoms with Crippen molar-refractivity contribution in [2.45, 2.75) is 19.9 Å². The molecule has 0 N–H and O–H groups in total. The van der Waals surface area contributed by atoms with Crippen molar-refractivity contribution in [3.05, 3.63) is 65.2 Å². The third kappa shape index (κ3) is 3.61. The summed E-state index contributed by atoms with van der Waals surface area (Å²) in [5.41, 5.74) is 1.82. The maximum Gasteiger partial charge on any atom is 0.337 e. The predicted molar refractivity (Wildman–Crippen MR) is 90.9 cm³/mol. The molecule has 0 unspecified atom stereocenters. The Bertz CT molecular complexity index is 806. The van der Waals surface area contributed by atoms with Gasteiger partial charge in [-0.25, -0.2) is 4.79 Å². The van der Waals surface area contributed by atoms with Gasteiger partial charge in [0, 0.05) is 17.3 Å². The molecule has 5 heteroatoms. The van der Waals surface area contributed by atoms with Crippen molar-refractivity contribution in [2.75, 3.05) is 12.0 Å². The molecule has 5 nitrogen and oxygen atoms in total. The number of anilines is 1. The fourth-order valence-electron chi connectivity index (χ4n) is 2.41. The molecule has 1 amide bonds. The average molecular weight is 322 g/mol. The summed E-state index contributed by atoms with van der Waals surface area (Å²) in [6.07, 6.45) is 0. The molecule has 0 radical (unpaired) electrons.